The van der Waals surface area contributed by atoms with E-state index >= 15 is 0 Å². The second kappa shape index (κ2) is 4.45. The highest BCUT2D eigenvalue weighted by Gasteiger charge is 2.47. The average Bonchev–Trinajstić information content (AvgIpc) is 2.88. The molecule has 2 fully saturated rings. The first-order valence-corrected chi connectivity index (χ1v) is 6.85. The molecule has 1 nitrogen and oxygen atoms in total. The first kappa shape index (κ1) is 11.4. The minimum Gasteiger partial charge on any atom is -0.316 e. The Kier molecular flexibility index (Phi) is 3.39. The molecule has 2 aliphatic rings. The Bertz CT molecular complexity index is 199. The third kappa shape index (κ3) is 2.38. The summed E-state index contributed by atoms with van der Waals surface area (Å²) in [6, 6.07) is 0.822. The fourth-order valence-corrected chi connectivity index (χ4v) is 4.01. The molecule has 1 unspecified atom stereocenters. The Morgan fingerprint density at radius 3 is 2.20 bits per heavy atom. The van der Waals surface area contributed by atoms with Gasteiger partial charge in [0.1, 0.15) is 0 Å². The van der Waals surface area contributed by atoms with Gasteiger partial charge in [-0.05, 0) is 56.4 Å². The van der Waals surface area contributed by atoms with Gasteiger partial charge in [-0.2, -0.15) is 0 Å². The van der Waals surface area contributed by atoms with Crippen molar-refractivity contribution in [1.29, 1.82) is 0 Å². The SMILES string of the molecule is CNC(C1CC1)C1(CC(C)C)CCCC1. The van der Waals surface area contributed by atoms with Crippen LogP contribution >= 0.6 is 0 Å². The van der Waals surface area contributed by atoms with Crippen molar-refractivity contribution in [2.24, 2.45) is 17.3 Å². The summed E-state index contributed by atoms with van der Waals surface area (Å²) in [5.74, 6) is 1.87. The van der Waals surface area contributed by atoms with Crippen LogP contribution in [0.25, 0.3) is 0 Å². The van der Waals surface area contributed by atoms with E-state index in [1.165, 1.54) is 44.9 Å². The van der Waals surface area contributed by atoms with E-state index in [2.05, 4.69) is 26.2 Å². The lowest BCUT2D eigenvalue weighted by Gasteiger charge is -2.39. The van der Waals surface area contributed by atoms with Gasteiger partial charge in [0, 0.05) is 6.04 Å². The zero-order valence-electron chi connectivity index (χ0n) is 10.7. The van der Waals surface area contributed by atoms with Crippen molar-refractivity contribution in [3.05, 3.63) is 0 Å². The molecule has 0 radical (unpaired) electrons. The lowest BCUT2D eigenvalue weighted by molar-refractivity contribution is 0.145. The van der Waals surface area contributed by atoms with E-state index in [9.17, 15) is 0 Å². The topological polar surface area (TPSA) is 12.0 Å². The van der Waals surface area contributed by atoms with Gasteiger partial charge in [-0.15, -0.1) is 0 Å². The third-order valence-corrected chi connectivity index (χ3v) is 4.48. The molecule has 0 heterocycles. The lowest BCUT2D eigenvalue weighted by atomic mass is 9.71. The molecule has 2 rings (SSSR count). The second-order valence-electron chi connectivity index (χ2n) is 6.27. The van der Waals surface area contributed by atoms with Gasteiger partial charge in [0.15, 0.2) is 0 Å². The highest BCUT2D eigenvalue weighted by atomic mass is 14.9. The largest absolute Gasteiger partial charge is 0.316 e. The molecule has 88 valence electrons. The maximum absolute atomic E-state index is 3.65. The molecule has 2 saturated carbocycles. The Morgan fingerprint density at radius 2 is 1.80 bits per heavy atom. The van der Waals surface area contributed by atoms with Crippen LogP contribution in [0.15, 0.2) is 0 Å². The monoisotopic (exact) mass is 209 g/mol. The summed E-state index contributed by atoms with van der Waals surface area (Å²) in [4.78, 5) is 0. The molecule has 0 aliphatic heterocycles. The lowest BCUT2D eigenvalue weighted by Crippen LogP contribution is -2.44. The quantitative estimate of drug-likeness (QED) is 0.729. The predicted octanol–water partition coefficient (Wildman–Crippen LogP) is 3.59. The summed E-state index contributed by atoms with van der Waals surface area (Å²) in [5, 5.41) is 3.65. The van der Waals surface area contributed by atoms with Gasteiger partial charge in [-0.25, -0.2) is 0 Å². The van der Waals surface area contributed by atoms with Gasteiger partial charge in [0.25, 0.3) is 0 Å². The molecule has 1 atom stereocenters. The van der Waals surface area contributed by atoms with Crippen molar-refractivity contribution in [1.82, 2.24) is 5.32 Å². The van der Waals surface area contributed by atoms with Crippen LogP contribution in [-0.4, -0.2) is 13.1 Å². The summed E-state index contributed by atoms with van der Waals surface area (Å²) in [6.45, 7) is 4.78. The zero-order chi connectivity index (χ0) is 10.9. The first-order valence-electron chi connectivity index (χ1n) is 6.85. The molecule has 1 heteroatoms. The number of hydrogen-bond acceptors (Lipinski definition) is 1. The molecule has 0 bridgehead atoms. The highest BCUT2D eigenvalue weighted by Crippen LogP contribution is 2.52. The Balaban J connectivity index is 2.08. The molecule has 15 heavy (non-hydrogen) atoms. The van der Waals surface area contributed by atoms with Gasteiger partial charge in [-0.1, -0.05) is 26.7 Å². The summed E-state index contributed by atoms with van der Waals surface area (Å²) in [7, 11) is 2.18. The zero-order valence-corrected chi connectivity index (χ0v) is 10.7. The normalized spacial score (nSPS) is 27.2. The van der Waals surface area contributed by atoms with Crippen LogP contribution < -0.4 is 5.32 Å². The summed E-state index contributed by atoms with van der Waals surface area (Å²) in [5.41, 5.74) is 0.657. The Hall–Kier alpha value is -0.0400. The third-order valence-electron chi connectivity index (χ3n) is 4.48. The van der Waals surface area contributed by atoms with E-state index in [-0.39, 0.29) is 0 Å². The first-order chi connectivity index (χ1) is 7.18. The minimum absolute atomic E-state index is 0.657. The summed E-state index contributed by atoms with van der Waals surface area (Å²) >= 11 is 0. The van der Waals surface area contributed by atoms with Crippen LogP contribution in [-0.2, 0) is 0 Å². The van der Waals surface area contributed by atoms with Gasteiger partial charge < -0.3 is 5.32 Å². The van der Waals surface area contributed by atoms with Crippen molar-refractivity contribution in [2.75, 3.05) is 7.05 Å². The molecule has 2 aliphatic carbocycles. The van der Waals surface area contributed by atoms with Crippen molar-refractivity contribution in [3.8, 4) is 0 Å². The molecule has 1 N–H and O–H groups in total. The fraction of sp³-hybridized carbons (Fsp3) is 1.00. The molecular formula is C14H27N. The van der Waals surface area contributed by atoms with Crippen molar-refractivity contribution in [2.45, 2.75) is 64.8 Å². The van der Waals surface area contributed by atoms with Crippen molar-refractivity contribution < 1.29 is 0 Å². The summed E-state index contributed by atoms with van der Waals surface area (Å²) < 4.78 is 0. The second-order valence-corrected chi connectivity index (χ2v) is 6.27. The van der Waals surface area contributed by atoms with Crippen LogP contribution in [0.4, 0.5) is 0 Å². The number of nitrogens with one attached hydrogen (secondary N) is 1. The standard InChI is InChI=1S/C14H27N/c1-11(2)10-14(8-4-5-9-14)13(15-3)12-6-7-12/h11-13,15H,4-10H2,1-3H3. The predicted molar refractivity (Wildman–Crippen MR) is 65.9 cm³/mol. The minimum atomic E-state index is 0.657. The average molecular weight is 209 g/mol. The van der Waals surface area contributed by atoms with Gasteiger partial charge in [0.05, 0.1) is 0 Å². The van der Waals surface area contributed by atoms with Crippen LogP contribution in [0.3, 0.4) is 0 Å². The van der Waals surface area contributed by atoms with Gasteiger partial charge in [-0.3, -0.25) is 0 Å². The van der Waals surface area contributed by atoms with E-state index in [4.69, 9.17) is 0 Å². The van der Waals surface area contributed by atoms with Crippen LogP contribution in [0.2, 0.25) is 0 Å². The van der Waals surface area contributed by atoms with Crippen molar-refractivity contribution in [3.63, 3.8) is 0 Å². The van der Waals surface area contributed by atoms with E-state index in [0.29, 0.717) is 5.41 Å². The van der Waals surface area contributed by atoms with Crippen LogP contribution in [0.5, 0.6) is 0 Å². The molecular weight excluding hydrogens is 182 g/mol. The van der Waals surface area contributed by atoms with Crippen LogP contribution in [0.1, 0.15) is 58.8 Å². The molecule has 0 aromatic heterocycles. The fourth-order valence-electron chi connectivity index (χ4n) is 4.01. The van der Waals surface area contributed by atoms with E-state index in [1.54, 1.807) is 0 Å². The molecule has 0 aromatic carbocycles. The highest BCUT2D eigenvalue weighted by molar-refractivity contribution is 5.01. The van der Waals surface area contributed by atoms with Gasteiger partial charge >= 0.3 is 0 Å². The molecule has 0 amide bonds. The molecule has 0 saturated heterocycles. The molecule has 0 aromatic rings. The Morgan fingerprint density at radius 1 is 1.20 bits per heavy atom. The molecule has 0 spiro atoms. The maximum atomic E-state index is 3.65. The van der Waals surface area contributed by atoms with E-state index in [0.717, 1.165) is 17.9 Å². The van der Waals surface area contributed by atoms with Crippen LogP contribution in [0, 0.1) is 17.3 Å². The van der Waals surface area contributed by atoms with E-state index < -0.39 is 0 Å². The maximum Gasteiger partial charge on any atom is 0.0149 e. The van der Waals surface area contributed by atoms with E-state index in [1.807, 2.05) is 0 Å². The smallest absolute Gasteiger partial charge is 0.0149 e. The number of rotatable bonds is 5. The Labute approximate surface area is 95.0 Å². The van der Waals surface area contributed by atoms with Crippen molar-refractivity contribution >= 4 is 0 Å². The number of hydrogen-bond donors (Lipinski definition) is 1. The summed E-state index contributed by atoms with van der Waals surface area (Å²) in [6.07, 6.45) is 10.3. The van der Waals surface area contributed by atoms with Gasteiger partial charge in [0.2, 0.25) is 0 Å².